The fourth-order valence-corrected chi connectivity index (χ4v) is 3.66. The van der Waals surface area contributed by atoms with Crippen LogP contribution in [-0.4, -0.2) is 11.7 Å². The minimum atomic E-state index is 0.235. The first kappa shape index (κ1) is 12.4. The molecular weight excluding hydrogens is 196 g/mol. The van der Waals surface area contributed by atoms with E-state index in [4.69, 9.17) is 4.74 Å². The molecule has 1 heteroatoms. The SMILES string of the molecule is CCCC1CCCC(OC2(C)CCCC2)C1. The van der Waals surface area contributed by atoms with E-state index >= 15 is 0 Å². The second-order valence-electron chi connectivity index (χ2n) is 6.22. The van der Waals surface area contributed by atoms with E-state index in [1.807, 2.05) is 0 Å². The van der Waals surface area contributed by atoms with E-state index in [9.17, 15) is 0 Å². The summed E-state index contributed by atoms with van der Waals surface area (Å²) in [6.07, 6.45) is 14.2. The van der Waals surface area contributed by atoms with Crippen LogP contribution in [0.1, 0.15) is 78.1 Å². The summed E-state index contributed by atoms with van der Waals surface area (Å²) in [6, 6.07) is 0. The highest BCUT2D eigenvalue weighted by Gasteiger charge is 2.34. The molecule has 0 bridgehead atoms. The van der Waals surface area contributed by atoms with Gasteiger partial charge in [-0.3, -0.25) is 0 Å². The number of ether oxygens (including phenoxy) is 1. The van der Waals surface area contributed by atoms with Crippen LogP contribution >= 0.6 is 0 Å². The van der Waals surface area contributed by atoms with Crippen LogP contribution in [-0.2, 0) is 4.74 Å². The van der Waals surface area contributed by atoms with E-state index in [0.717, 1.165) is 5.92 Å². The largest absolute Gasteiger partial charge is 0.372 e. The lowest BCUT2D eigenvalue weighted by Crippen LogP contribution is -2.33. The van der Waals surface area contributed by atoms with Crippen LogP contribution in [0, 0.1) is 5.92 Å². The molecule has 2 fully saturated rings. The van der Waals surface area contributed by atoms with E-state index < -0.39 is 0 Å². The van der Waals surface area contributed by atoms with Gasteiger partial charge in [-0.15, -0.1) is 0 Å². The van der Waals surface area contributed by atoms with Gasteiger partial charge in [0.25, 0.3) is 0 Å². The quantitative estimate of drug-likeness (QED) is 0.673. The average Bonchev–Trinajstić information content (AvgIpc) is 2.66. The van der Waals surface area contributed by atoms with Crippen molar-refractivity contribution in [2.75, 3.05) is 0 Å². The first-order valence-corrected chi connectivity index (χ1v) is 7.40. The Kier molecular flexibility index (Phi) is 4.29. The van der Waals surface area contributed by atoms with E-state index in [1.165, 1.54) is 64.2 Å². The molecule has 0 saturated heterocycles. The standard InChI is InChI=1S/C15H28O/c1-3-7-13-8-6-9-14(12-13)16-15(2)10-4-5-11-15/h13-14H,3-12H2,1-2H3. The zero-order valence-electron chi connectivity index (χ0n) is 11.1. The van der Waals surface area contributed by atoms with Gasteiger partial charge in [-0.2, -0.15) is 0 Å². The molecule has 2 aliphatic carbocycles. The van der Waals surface area contributed by atoms with Gasteiger partial charge in [-0.05, 0) is 38.5 Å². The van der Waals surface area contributed by atoms with E-state index in [0.29, 0.717) is 6.10 Å². The van der Waals surface area contributed by atoms with Crippen molar-refractivity contribution < 1.29 is 4.74 Å². The van der Waals surface area contributed by atoms with Crippen LogP contribution in [0.15, 0.2) is 0 Å². The lowest BCUT2D eigenvalue weighted by Gasteiger charge is -2.35. The highest BCUT2D eigenvalue weighted by Crippen LogP contribution is 2.38. The molecule has 0 N–H and O–H groups in total. The summed E-state index contributed by atoms with van der Waals surface area (Å²) in [5.41, 5.74) is 0.235. The van der Waals surface area contributed by atoms with Crippen LogP contribution in [0.5, 0.6) is 0 Å². The van der Waals surface area contributed by atoms with Gasteiger partial charge in [0.05, 0.1) is 11.7 Å². The Morgan fingerprint density at radius 3 is 2.56 bits per heavy atom. The van der Waals surface area contributed by atoms with Gasteiger partial charge >= 0.3 is 0 Å². The summed E-state index contributed by atoms with van der Waals surface area (Å²) in [5.74, 6) is 0.953. The van der Waals surface area contributed by atoms with Crippen molar-refractivity contribution in [2.24, 2.45) is 5.92 Å². The van der Waals surface area contributed by atoms with Crippen LogP contribution in [0.4, 0.5) is 0 Å². The Balaban J connectivity index is 1.80. The molecule has 0 spiro atoms. The van der Waals surface area contributed by atoms with Gasteiger partial charge < -0.3 is 4.74 Å². The predicted molar refractivity (Wildman–Crippen MR) is 68.6 cm³/mol. The second-order valence-corrected chi connectivity index (χ2v) is 6.22. The molecule has 2 saturated carbocycles. The Hall–Kier alpha value is -0.0400. The Morgan fingerprint density at radius 2 is 1.88 bits per heavy atom. The molecule has 0 aromatic carbocycles. The Bertz CT molecular complexity index is 203. The van der Waals surface area contributed by atoms with Crippen molar-refractivity contribution in [1.29, 1.82) is 0 Å². The third-order valence-corrected chi connectivity index (χ3v) is 4.54. The first-order valence-electron chi connectivity index (χ1n) is 7.40. The highest BCUT2D eigenvalue weighted by molar-refractivity contribution is 4.84. The highest BCUT2D eigenvalue weighted by atomic mass is 16.5. The summed E-state index contributed by atoms with van der Waals surface area (Å²) in [7, 11) is 0. The van der Waals surface area contributed by atoms with E-state index in [-0.39, 0.29) is 5.60 Å². The lowest BCUT2D eigenvalue weighted by molar-refractivity contribution is -0.0983. The van der Waals surface area contributed by atoms with E-state index in [2.05, 4.69) is 13.8 Å². The normalized spacial score (nSPS) is 34.1. The maximum atomic E-state index is 6.42. The van der Waals surface area contributed by atoms with Crippen LogP contribution in [0.3, 0.4) is 0 Å². The summed E-state index contributed by atoms with van der Waals surface area (Å²) in [5, 5.41) is 0. The Morgan fingerprint density at radius 1 is 1.12 bits per heavy atom. The average molecular weight is 224 g/mol. The van der Waals surface area contributed by atoms with Crippen LogP contribution < -0.4 is 0 Å². The van der Waals surface area contributed by atoms with Gasteiger partial charge in [0.2, 0.25) is 0 Å². The lowest BCUT2D eigenvalue weighted by atomic mass is 9.84. The fourth-order valence-electron chi connectivity index (χ4n) is 3.66. The molecule has 94 valence electrons. The first-order chi connectivity index (χ1) is 7.72. The maximum absolute atomic E-state index is 6.42. The molecule has 2 aliphatic rings. The van der Waals surface area contributed by atoms with Crippen molar-refractivity contribution >= 4 is 0 Å². The molecule has 2 rings (SSSR count). The van der Waals surface area contributed by atoms with Crippen molar-refractivity contribution in [3.8, 4) is 0 Å². The van der Waals surface area contributed by atoms with Crippen molar-refractivity contribution in [2.45, 2.75) is 89.8 Å². The number of hydrogen-bond acceptors (Lipinski definition) is 1. The van der Waals surface area contributed by atoms with Gasteiger partial charge in [0, 0.05) is 0 Å². The topological polar surface area (TPSA) is 9.23 Å². The zero-order chi connectivity index (χ0) is 11.4. The molecule has 0 radical (unpaired) electrons. The van der Waals surface area contributed by atoms with Gasteiger partial charge in [0.1, 0.15) is 0 Å². The third-order valence-electron chi connectivity index (χ3n) is 4.54. The number of hydrogen-bond donors (Lipinski definition) is 0. The van der Waals surface area contributed by atoms with Crippen molar-refractivity contribution in [3.05, 3.63) is 0 Å². The molecule has 0 aliphatic heterocycles. The van der Waals surface area contributed by atoms with Crippen molar-refractivity contribution in [1.82, 2.24) is 0 Å². The molecule has 2 atom stereocenters. The molecular formula is C15H28O. The summed E-state index contributed by atoms with van der Waals surface area (Å²) in [4.78, 5) is 0. The molecule has 0 aromatic rings. The summed E-state index contributed by atoms with van der Waals surface area (Å²) < 4.78 is 6.42. The summed E-state index contributed by atoms with van der Waals surface area (Å²) >= 11 is 0. The summed E-state index contributed by atoms with van der Waals surface area (Å²) in [6.45, 7) is 4.65. The molecule has 1 nitrogen and oxygen atoms in total. The van der Waals surface area contributed by atoms with E-state index in [1.54, 1.807) is 0 Å². The molecule has 0 amide bonds. The smallest absolute Gasteiger partial charge is 0.0658 e. The Labute approximate surface area is 101 Å². The molecule has 2 unspecified atom stereocenters. The van der Waals surface area contributed by atoms with Crippen molar-refractivity contribution in [3.63, 3.8) is 0 Å². The maximum Gasteiger partial charge on any atom is 0.0658 e. The monoisotopic (exact) mass is 224 g/mol. The second kappa shape index (κ2) is 5.53. The zero-order valence-corrected chi connectivity index (χ0v) is 11.1. The number of rotatable bonds is 4. The van der Waals surface area contributed by atoms with Gasteiger partial charge in [-0.1, -0.05) is 45.4 Å². The minimum Gasteiger partial charge on any atom is -0.372 e. The predicted octanol–water partition coefficient (Wildman–Crippen LogP) is 4.69. The third kappa shape index (κ3) is 3.23. The molecule has 0 heterocycles. The molecule has 16 heavy (non-hydrogen) atoms. The van der Waals surface area contributed by atoms with Gasteiger partial charge in [-0.25, -0.2) is 0 Å². The fraction of sp³-hybridized carbons (Fsp3) is 1.00. The van der Waals surface area contributed by atoms with Crippen LogP contribution in [0.2, 0.25) is 0 Å². The minimum absolute atomic E-state index is 0.235. The van der Waals surface area contributed by atoms with Gasteiger partial charge in [0.15, 0.2) is 0 Å². The van der Waals surface area contributed by atoms with Crippen LogP contribution in [0.25, 0.3) is 0 Å². The molecule has 0 aromatic heterocycles.